The van der Waals surface area contributed by atoms with E-state index in [0.29, 0.717) is 11.3 Å². The molecule has 0 amide bonds. The molecule has 1 atom stereocenters. The predicted octanol–water partition coefficient (Wildman–Crippen LogP) is 2.04. The van der Waals surface area contributed by atoms with Gasteiger partial charge >= 0.3 is 0 Å². The van der Waals surface area contributed by atoms with Crippen LogP contribution in [-0.4, -0.2) is 31.1 Å². The van der Waals surface area contributed by atoms with E-state index >= 15 is 0 Å². The van der Waals surface area contributed by atoms with Crippen molar-refractivity contribution in [1.29, 1.82) is 5.26 Å². The van der Waals surface area contributed by atoms with Crippen LogP contribution in [0.1, 0.15) is 24.8 Å². The lowest BCUT2D eigenvalue weighted by molar-refractivity contribution is -0.384. The standard InChI is InChI=1S/C14H18N4O2/c1-17(12-3-2-7-16-8-6-12)14-9-11(10-15)4-5-13(14)18(19)20/h4-5,9,12,16H,2-3,6-8H2,1H3. The summed E-state index contributed by atoms with van der Waals surface area (Å²) in [6, 6.07) is 6.82. The largest absolute Gasteiger partial charge is 0.366 e. The average molecular weight is 274 g/mol. The van der Waals surface area contributed by atoms with Crippen LogP contribution in [0.15, 0.2) is 18.2 Å². The molecule has 6 nitrogen and oxygen atoms in total. The summed E-state index contributed by atoms with van der Waals surface area (Å²) in [7, 11) is 1.87. The molecular weight excluding hydrogens is 256 g/mol. The lowest BCUT2D eigenvalue weighted by Crippen LogP contribution is -2.32. The van der Waals surface area contributed by atoms with E-state index in [1.165, 1.54) is 12.1 Å². The van der Waals surface area contributed by atoms with Crippen LogP contribution in [0, 0.1) is 21.4 Å². The molecule has 1 heterocycles. The smallest absolute Gasteiger partial charge is 0.292 e. The fourth-order valence-corrected chi connectivity index (χ4v) is 2.61. The SMILES string of the molecule is CN(c1cc(C#N)ccc1[N+](=O)[O-])C1CCCNCC1. The molecule has 0 aromatic heterocycles. The number of hydrogen-bond acceptors (Lipinski definition) is 5. The molecule has 0 bridgehead atoms. The van der Waals surface area contributed by atoms with Gasteiger partial charge in [-0.15, -0.1) is 0 Å². The summed E-state index contributed by atoms with van der Waals surface area (Å²) in [6.07, 6.45) is 3.00. The van der Waals surface area contributed by atoms with Crippen molar-refractivity contribution in [3.05, 3.63) is 33.9 Å². The highest BCUT2D eigenvalue weighted by molar-refractivity contribution is 5.66. The third-order valence-corrected chi connectivity index (χ3v) is 3.77. The Morgan fingerprint density at radius 2 is 2.25 bits per heavy atom. The normalized spacial score (nSPS) is 18.9. The van der Waals surface area contributed by atoms with Gasteiger partial charge in [-0.2, -0.15) is 5.26 Å². The molecule has 1 N–H and O–H groups in total. The number of benzene rings is 1. The van der Waals surface area contributed by atoms with Gasteiger partial charge in [0, 0.05) is 19.2 Å². The van der Waals surface area contributed by atoms with Crippen LogP contribution in [0.4, 0.5) is 11.4 Å². The first-order chi connectivity index (χ1) is 9.63. The number of nitro groups is 1. The van der Waals surface area contributed by atoms with E-state index < -0.39 is 0 Å². The lowest BCUT2D eigenvalue weighted by Gasteiger charge is -2.28. The Balaban J connectivity index is 2.33. The zero-order valence-corrected chi connectivity index (χ0v) is 11.5. The molecule has 1 aliphatic heterocycles. The van der Waals surface area contributed by atoms with Crippen LogP contribution in [-0.2, 0) is 0 Å². The minimum Gasteiger partial charge on any atom is -0.366 e. The quantitative estimate of drug-likeness (QED) is 0.673. The summed E-state index contributed by atoms with van der Waals surface area (Å²) >= 11 is 0. The second kappa shape index (κ2) is 6.35. The van der Waals surface area contributed by atoms with Crippen molar-refractivity contribution in [2.75, 3.05) is 25.0 Å². The van der Waals surface area contributed by atoms with Crippen molar-refractivity contribution in [2.24, 2.45) is 0 Å². The number of nitrogens with one attached hydrogen (secondary N) is 1. The zero-order valence-electron chi connectivity index (χ0n) is 11.5. The van der Waals surface area contributed by atoms with Crippen molar-refractivity contribution < 1.29 is 4.92 Å². The van der Waals surface area contributed by atoms with Gasteiger partial charge in [-0.1, -0.05) is 0 Å². The van der Waals surface area contributed by atoms with Crippen LogP contribution in [0.25, 0.3) is 0 Å². The zero-order chi connectivity index (χ0) is 14.5. The summed E-state index contributed by atoms with van der Waals surface area (Å²) in [5.41, 5.74) is 1.04. The lowest BCUT2D eigenvalue weighted by atomic mass is 10.1. The van der Waals surface area contributed by atoms with Gasteiger partial charge < -0.3 is 10.2 Å². The molecule has 0 saturated carbocycles. The molecule has 2 rings (SSSR count). The molecule has 6 heteroatoms. The maximum atomic E-state index is 11.2. The minimum absolute atomic E-state index is 0.0590. The second-order valence-corrected chi connectivity index (χ2v) is 5.02. The summed E-state index contributed by atoms with van der Waals surface area (Å²) in [5, 5.41) is 23.5. The Labute approximate surface area is 118 Å². The third-order valence-electron chi connectivity index (χ3n) is 3.77. The van der Waals surface area contributed by atoms with Crippen LogP contribution in [0.5, 0.6) is 0 Å². The fraction of sp³-hybridized carbons (Fsp3) is 0.500. The Bertz CT molecular complexity index is 530. The van der Waals surface area contributed by atoms with Gasteiger partial charge in [0.05, 0.1) is 16.6 Å². The molecular formula is C14H18N4O2. The van der Waals surface area contributed by atoms with Gasteiger partial charge in [-0.3, -0.25) is 10.1 Å². The van der Waals surface area contributed by atoms with Gasteiger partial charge in [-0.25, -0.2) is 0 Å². The second-order valence-electron chi connectivity index (χ2n) is 5.02. The summed E-state index contributed by atoms with van der Waals surface area (Å²) < 4.78 is 0. The number of hydrogen-bond donors (Lipinski definition) is 1. The molecule has 106 valence electrons. The molecule has 0 spiro atoms. The Hall–Kier alpha value is -2.13. The molecule has 1 saturated heterocycles. The van der Waals surface area contributed by atoms with E-state index in [2.05, 4.69) is 5.32 Å². The van der Waals surface area contributed by atoms with Crippen molar-refractivity contribution in [3.63, 3.8) is 0 Å². The van der Waals surface area contributed by atoms with Crippen molar-refractivity contribution in [2.45, 2.75) is 25.3 Å². The summed E-state index contributed by atoms with van der Waals surface area (Å²) in [4.78, 5) is 12.7. The highest BCUT2D eigenvalue weighted by Gasteiger charge is 2.24. The minimum atomic E-state index is -0.387. The van der Waals surface area contributed by atoms with Crippen molar-refractivity contribution >= 4 is 11.4 Å². The number of nitrogens with zero attached hydrogens (tertiary/aromatic N) is 3. The molecule has 1 aliphatic rings. The molecule has 0 aliphatic carbocycles. The van der Waals surface area contributed by atoms with E-state index in [4.69, 9.17) is 5.26 Å². The van der Waals surface area contributed by atoms with E-state index in [1.54, 1.807) is 6.07 Å². The van der Waals surface area contributed by atoms with Crippen LogP contribution < -0.4 is 10.2 Å². The third kappa shape index (κ3) is 3.06. The fourth-order valence-electron chi connectivity index (χ4n) is 2.61. The molecule has 20 heavy (non-hydrogen) atoms. The van der Waals surface area contributed by atoms with E-state index in [-0.39, 0.29) is 16.7 Å². The van der Waals surface area contributed by atoms with Crippen molar-refractivity contribution in [3.8, 4) is 6.07 Å². The summed E-state index contributed by atoms with van der Waals surface area (Å²) in [6.45, 7) is 1.91. The van der Waals surface area contributed by atoms with Crippen LogP contribution >= 0.6 is 0 Å². The Morgan fingerprint density at radius 3 is 2.95 bits per heavy atom. The molecule has 0 radical (unpaired) electrons. The molecule has 1 fully saturated rings. The number of anilines is 1. The maximum Gasteiger partial charge on any atom is 0.292 e. The first kappa shape index (κ1) is 14.3. The van der Waals surface area contributed by atoms with Gasteiger partial charge in [-0.05, 0) is 44.5 Å². The van der Waals surface area contributed by atoms with Gasteiger partial charge in [0.25, 0.3) is 5.69 Å². The highest BCUT2D eigenvalue weighted by Crippen LogP contribution is 2.31. The first-order valence-electron chi connectivity index (χ1n) is 6.75. The number of nitriles is 1. The Morgan fingerprint density at radius 1 is 1.45 bits per heavy atom. The van der Waals surface area contributed by atoms with E-state index in [9.17, 15) is 10.1 Å². The van der Waals surface area contributed by atoms with Gasteiger partial charge in [0.15, 0.2) is 0 Å². The monoisotopic (exact) mass is 274 g/mol. The Kier molecular flexibility index (Phi) is 4.53. The molecule has 1 aromatic carbocycles. The van der Waals surface area contributed by atoms with Crippen LogP contribution in [0.3, 0.4) is 0 Å². The number of rotatable bonds is 3. The van der Waals surface area contributed by atoms with E-state index in [0.717, 1.165) is 32.4 Å². The summed E-state index contributed by atoms with van der Waals surface area (Å²) in [5.74, 6) is 0. The van der Waals surface area contributed by atoms with Gasteiger partial charge in [0.2, 0.25) is 0 Å². The predicted molar refractivity (Wildman–Crippen MR) is 76.7 cm³/mol. The first-order valence-corrected chi connectivity index (χ1v) is 6.75. The van der Waals surface area contributed by atoms with E-state index in [1.807, 2.05) is 18.0 Å². The average Bonchev–Trinajstić information content (AvgIpc) is 2.74. The topological polar surface area (TPSA) is 82.2 Å². The molecule has 1 aromatic rings. The van der Waals surface area contributed by atoms with Gasteiger partial charge in [0.1, 0.15) is 5.69 Å². The maximum absolute atomic E-state index is 11.2. The van der Waals surface area contributed by atoms with Crippen LogP contribution in [0.2, 0.25) is 0 Å². The molecule has 1 unspecified atom stereocenters. The van der Waals surface area contributed by atoms with Crippen molar-refractivity contribution in [1.82, 2.24) is 5.32 Å². The highest BCUT2D eigenvalue weighted by atomic mass is 16.6. The number of nitro benzene ring substituents is 1.